The van der Waals surface area contributed by atoms with Gasteiger partial charge in [0.05, 0.1) is 12.0 Å². The van der Waals surface area contributed by atoms with Crippen LogP contribution in [-0.4, -0.2) is 29.3 Å². The fraction of sp³-hybridized carbons (Fsp3) is 0.588. The Labute approximate surface area is 148 Å². The van der Waals surface area contributed by atoms with Crippen LogP contribution in [0.4, 0.5) is 18.0 Å². The highest BCUT2D eigenvalue weighted by Crippen LogP contribution is 2.42. The number of rotatable bonds is 1. The lowest BCUT2D eigenvalue weighted by Gasteiger charge is -2.41. The van der Waals surface area contributed by atoms with E-state index in [1.807, 2.05) is 24.3 Å². The third-order valence-electron chi connectivity index (χ3n) is 3.94. The molecule has 0 spiro atoms. The zero-order valence-corrected chi connectivity index (χ0v) is 15.4. The second-order valence-electron chi connectivity index (χ2n) is 6.99. The molecule has 1 heterocycles. The van der Waals surface area contributed by atoms with Crippen LogP contribution >= 0.6 is 15.9 Å². The average molecular weight is 408 g/mol. The molecule has 2 atom stereocenters. The first-order valence-corrected chi connectivity index (χ1v) is 8.59. The summed E-state index contributed by atoms with van der Waals surface area (Å²) in [5, 5.41) is 0. The van der Waals surface area contributed by atoms with Crippen molar-refractivity contribution in [3.8, 4) is 0 Å². The van der Waals surface area contributed by atoms with E-state index >= 15 is 0 Å². The molecule has 1 saturated heterocycles. The number of hydrogen-bond acceptors (Lipinski definition) is 2. The molecule has 1 aliphatic rings. The van der Waals surface area contributed by atoms with Crippen molar-refractivity contribution in [3.63, 3.8) is 0 Å². The number of hydrogen-bond donors (Lipinski definition) is 0. The van der Waals surface area contributed by atoms with Gasteiger partial charge in [0.25, 0.3) is 0 Å². The van der Waals surface area contributed by atoms with Crippen LogP contribution in [0, 0.1) is 5.92 Å². The highest BCUT2D eigenvalue weighted by Gasteiger charge is 2.46. The summed E-state index contributed by atoms with van der Waals surface area (Å²) in [4.78, 5) is 13.7. The number of carbonyl (C=O) groups excluding carboxylic acids is 1. The monoisotopic (exact) mass is 407 g/mol. The van der Waals surface area contributed by atoms with Crippen molar-refractivity contribution in [1.29, 1.82) is 0 Å². The molecule has 1 fully saturated rings. The van der Waals surface area contributed by atoms with Gasteiger partial charge in [-0.3, -0.25) is 0 Å². The lowest BCUT2D eigenvalue weighted by Crippen LogP contribution is -2.48. The number of benzene rings is 1. The predicted molar refractivity (Wildman–Crippen MR) is 88.6 cm³/mol. The minimum absolute atomic E-state index is 0.00516. The SMILES string of the molecule is CC(C)(C)OC(=O)N1CC(C(F)(F)F)CCC1c1ccccc1Br. The lowest BCUT2D eigenvalue weighted by atomic mass is 9.89. The van der Waals surface area contributed by atoms with Gasteiger partial charge in [-0.25, -0.2) is 4.79 Å². The van der Waals surface area contributed by atoms with Crippen LogP contribution in [0.25, 0.3) is 0 Å². The molecule has 24 heavy (non-hydrogen) atoms. The van der Waals surface area contributed by atoms with Crippen molar-refractivity contribution in [2.75, 3.05) is 6.54 Å². The fourth-order valence-corrected chi connectivity index (χ4v) is 3.38. The summed E-state index contributed by atoms with van der Waals surface area (Å²) in [5.74, 6) is -1.52. The Bertz CT molecular complexity index is 598. The molecule has 7 heteroatoms. The maximum absolute atomic E-state index is 13.1. The maximum Gasteiger partial charge on any atom is 0.410 e. The van der Waals surface area contributed by atoms with Crippen molar-refractivity contribution in [3.05, 3.63) is 34.3 Å². The van der Waals surface area contributed by atoms with Crippen LogP contribution in [0.2, 0.25) is 0 Å². The second-order valence-corrected chi connectivity index (χ2v) is 7.84. The molecule has 0 aromatic heterocycles. The van der Waals surface area contributed by atoms with Crippen LogP contribution in [0.15, 0.2) is 28.7 Å². The Kier molecular flexibility index (Phi) is 5.52. The smallest absolute Gasteiger partial charge is 0.410 e. The van der Waals surface area contributed by atoms with E-state index in [1.54, 1.807) is 20.8 Å². The summed E-state index contributed by atoms with van der Waals surface area (Å²) >= 11 is 3.42. The Morgan fingerprint density at radius 3 is 2.38 bits per heavy atom. The molecular weight excluding hydrogens is 387 g/mol. The highest BCUT2D eigenvalue weighted by atomic mass is 79.9. The maximum atomic E-state index is 13.1. The van der Waals surface area contributed by atoms with Gasteiger partial charge in [0.2, 0.25) is 0 Å². The normalized spacial score (nSPS) is 22.4. The first kappa shape index (κ1) is 19.1. The zero-order chi connectivity index (χ0) is 18.1. The first-order valence-electron chi connectivity index (χ1n) is 7.80. The minimum atomic E-state index is -4.32. The van der Waals surface area contributed by atoms with Crippen LogP contribution in [-0.2, 0) is 4.74 Å². The van der Waals surface area contributed by atoms with Crippen LogP contribution in [0.3, 0.4) is 0 Å². The number of halogens is 4. The predicted octanol–water partition coefficient (Wildman–Crippen LogP) is 5.70. The number of likely N-dealkylation sites (tertiary alicyclic amines) is 1. The molecule has 1 aliphatic heterocycles. The largest absolute Gasteiger partial charge is 0.444 e. The van der Waals surface area contributed by atoms with E-state index in [1.165, 1.54) is 4.90 Å². The van der Waals surface area contributed by atoms with E-state index in [9.17, 15) is 18.0 Å². The Balaban J connectivity index is 2.32. The molecule has 0 N–H and O–H groups in total. The van der Waals surface area contributed by atoms with Gasteiger partial charge in [0.1, 0.15) is 5.60 Å². The molecule has 1 amide bonds. The number of alkyl halides is 3. The van der Waals surface area contributed by atoms with Gasteiger partial charge in [-0.2, -0.15) is 13.2 Å². The number of ether oxygens (including phenoxy) is 1. The van der Waals surface area contributed by atoms with Gasteiger partial charge in [-0.1, -0.05) is 34.1 Å². The third kappa shape index (κ3) is 4.65. The molecule has 2 rings (SSSR count). The fourth-order valence-electron chi connectivity index (χ4n) is 2.83. The Morgan fingerprint density at radius 1 is 1.21 bits per heavy atom. The topological polar surface area (TPSA) is 29.5 Å². The molecule has 0 aliphatic carbocycles. The van der Waals surface area contributed by atoms with Crippen molar-refractivity contribution >= 4 is 22.0 Å². The van der Waals surface area contributed by atoms with E-state index in [0.29, 0.717) is 0 Å². The minimum Gasteiger partial charge on any atom is -0.444 e. The quantitative estimate of drug-likeness (QED) is 0.597. The molecule has 0 saturated carbocycles. The second kappa shape index (κ2) is 6.94. The molecule has 0 radical (unpaired) electrons. The molecule has 3 nitrogen and oxygen atoms in total. The van der Waals surface area contributed by atoms with Crippen molar-refractivity contribution < 1.29 is 22.7 Å². The van der Waals surface area contributed by atoms with E-state index < -0.39 is 29.8 Å². The standard InChI is InChI=1S/C17H21BrF3NO2/c1-16(2,3)24-15(23)22-10-11(17(19,20)21)8-9-14(22)12-6-4-5-7-13(12)18/h4-7,11,14H,8-10H2,1-3H3. The number of nitrogens with zero attached hydrogens (tertiary/aromatic N) is 1. The summed E-state index contributed by atoms with van der Waals surface area (Å²) in [5.41, 5.74) is 0.0322. The van der Waals surface area contributed by atoms with Crippen LogP contribution < -0.4 is 0 Å². The molecule has 134 valence electrons. The summed E-state index contributed by atoms with van der Waals surface area (Å²) in [6.07, 6.45) is -4.79. The number of amides is 1. The Hall–Kier alpha value is -1.24. The zero-order valence-electron chi connectivity index (χ0n) is 13.9. The van der Waals surface area contributed by atoms with Crippen LogP contribution in [0.1, 0.15) is 45.2 Å². The summed E-state index contributed by atoms with van der Waals surface area (Å²) < 4.78 is 45.5. The first-order chi connectivity index (χ1) is 11.0. The van der Waals surface area contributed by atoms with E-state index in [2.05, 4.69) is 15.9 Å². The van der Waals surface area contributed by atoms with E-state index in [0.717, 1.165) is 10.0 Å². The third-order valence-corrected chi connectivity index (χ3v) is 4.66. The van der Waals surface area contributed by atoms with Gasteiger partial charge < -0.3 is 9.64 Å². The van der Waals surface area contributed by atoms with Gasteiger partial charge in [-0.05, 0) is 45.2 Å². The van der Waals surface area contributed by atoms with Crippen molar-refractivity contribution in [2.24, 2.45) is 5.92 Å². The van der Waals surface area contributed by atoms with Gasteiger partial charge in [0, 0.05) is 11.0 Å². The van der Waals surface area contributed by atoms with Gasteiger partial charge >= 0.3 is 12.3 Å². The van der Waals surface area contributed by atoms with Gasteiger partial charge in [-0.15, -0.1) is 0 Å². The van der Waals surface area contributed by atoms with Gasteiger partial charge in [0.15, 0.2) is 0 Å². The Morgan fingerprint density at radius 2 is 1.83 bits per heavy atom. The molecule has 2 unspecified atom stereocenters. The summed E-state index contributed by atoms with van der Waals surface area (Å²) in [7, 11) is 0. The molecule has 0 bridgehead atoms. The van der Waals surface area contributed by atoms with E-state index in [4.69, 9.17) is 4.74 Å². The van der Waals surface area contributed by atoms with Crippen molar-refractivity contribution in [2.45, 2.75) is 51.4 Å². The summed E-state index contributed by atoms with van der Waals surface area (Å²) in [6, 6.07) is 6.84. The highest BCUT2D eigenvalue weighted by molar-refractivity contribution is 9.10. The molecular formula is C17H21BrF3NO2. The summed E-state index contributed by atoms with van der Waals surface area (Å²) in [6.45, 7) is 4.71. The van der Waals surface area contributed by atoms with Crippen LogP contribution in [0.5, 0.6) is 0 Å². The molecule has 1 aromatic carbocycles. The number of carbonyl (C=O) groups is 1. The lowest BCUT2D eigenvalue weighted by molar-refractivity contribution is -0.188. The number of piperidine rings is 1. The average Bonchev–Trinajstić information content (AvgIpc) is 2.44. The van der Waals surface area contributed by atoms with Crippen molar-refractivity contribution in [1.82, 2.24) is 4.90 Å². The molecule has 1 aromatic rings. The van der Waals surface area contributed by atoms with E-state index in [-0.39, 0.29) is 19.4 Å².